The van der Waals surface area contributed by atoms with Crippen LogP contribution >= 0.6 is 11.3 Å². The van der Waals surface area contributed by atoms with Crippen LogP contribution in [-0.4, -0.2) is 50.7 Å². The predicted molar refractivity (Wildman–Crippen MR) is 114 cm³/mol. The zero-order chi connectivity index (χ0) is 21.1. The third-order valence-corrected chi connectivity index (χ3v) is 6.54. The van der Waals surface area contributed by atoms with Gasteiger partial charge < -0.3 is 10.1 Å². The minimum Gasteiger partial charge on any atom is -0.496 e. The van der Waals surface area contributed by atoms with E-state index in [9.17, 15) is 4.79 Å². The highest BCUT2D eigenvalue weighted by molar-refractivity contribution is 7.09. The number of methoxy groups -OCH3 is 1. The van der Waals surface area contributed by atoms with E-state index >= 15 is 0 Å². The molecule has 1 aromatic carbocycles. The molecule has 0 unspecified atom stereocenters. The summed E-state index contributed by atoms with van der Waals surface area (Å²) in [4.78, 5) is 16.5. The smallest absolute Gasteiger partial charge is 0.237 e. The van der Waals surface area contributed by atoms with Gasteiger partial charge in [-0.25, -0.2) is 4.68 Å². The summed E-state index contributed by atoms with van der Waals surface area (Å²) in [6.07, 6.45) is 2.30. The Morgan fingerprint density at radius 2 is 2.20 bits per heavy atom. The monoisotopic (exact) mass is 426 g/mol. The SMILES string of the molecule is COc1cc(C)c(CN2C[C@H](n3cnnn3)C[C@H]2C(=O)NCc2cccs2)cc1C. The fraction of sp³-hybridized carbons (Fsp3) is 0.429. The van der Waals surface area contributed by atoms with Gasteiger partial charge in [-0.3, -0.25) is 9.69 Å². The number of tetrazole rings is 1. The summed E-state index contributed by atoms with van der Waals surface area (Å²) in [5, 5.41) is 16.7. The predicted octanol–water partition coefficient (Wildman–Crippen LogP) is 2.49. The second-order valence-electron chi connectivity index (χ2n) is 7.67. The van der Waals surface area contributed by atoms with E-state index in [1.807, 2.05) is 24.4 Å². The van der Waals surface area contributed by atoms with E-state index in [0.29, 0.717) is 26.1 Å². The molecule has 30 heavy (non-hydrogen) atoms. The van der Waals surface area contributed by atoms with Crippen molar-refractivity contribution in [1.82, 2.24) is 30.4 Å². The summed E-state index contributed by atoms with van der Waals surface area (Å²) in [7, 11) is 1.69. The third-order valence-electron chi connectivity index (χ3n) is 5.67. The van der Waals surface area contributed by atoms with Crippen LogP contribution in [0.2, 0.25) is 0 Å². The number of carbonyl (C=O) groups excluding carboxylic acids is 1. The number of ether oxygens (including phenoxy) is 1. The molecule has 0 spiro atoms. The highest BCUT2D eigenvalue weighted by Gasteiger charge is 2.38. The van der Waals surface area contributed by atoms with Crippen LogP contribution in [0, 0.1) is 13.8 Å². The average Bonchev–Trinajstić information content (AvgIpc) is 3.50. The van der Waals surface area contributed by atoms with Gasteiger partial charge in [-0.2, -0.15) is 0 Å². The largest absolute Gasteiger partial charge is 0.496 e. The lowest BCUT2D eigenvalue weighted by atomic mass is 10.0. The Hall–Kier alpha value is -2.78. The highest BCUT2D eigenvalue weighted by Crippen LogP contribution is 2.30. The number of nitrogens with one attached hydrogen (secondary N) is 1. The van der Waals surface area contributed by atoms with Gasteiger partial charge in [0.25, 0.3) is 0 Å². The normalized spacial score (nSPS) is 19.2. The number of rotatable bonds is 7. The van der Waals surface area contributed by atoms with Crippen molar-refractivity contribution >= 4 is 17.2 Å². The molecule has 2 atom stereocenters. The van der Waals surface area contributed by atoms with Gasteiger partial charge in [-0.15, -0.1) is 16.4 Å². The number of aryl methyl sites for hydroxylation is 2. The molecule has 1 N–H and O–H groups in total. The highest BCUT2D eigenvalue weighted by atomic mass is 32.1. The van der Waals surface area contributed by atoms with Gasteiger partial charge >= 0.3 is 0 Å². The topological polar surface area (TPSA) is 85.2 Å². The number of thiophene rings is 1. The first kappa shape index (κ1) is 20.5. The van der Waals surface area contributed by atoms with Crippen LogP contribution in [0.5, 0.6) is 5.75 Å². The van der Waals surface area contributed by atoms with E-state index in [1.165, 1.54) is 5.56 Å². The van der Waals surface area contributed by atoms with Crippen molar-refractivity contribution in [1.29, 1.82) is 0 Å². The number of nitrogens with zero attached hydrogens (tertiary/aromatic N) is 5. The first-order valence-electron chi connectivity index (χ1n) is 9.96. The molecule has 3 aromatic rings. The first-order chi connectivity index (χ1) is 14.5. The Morgan fingerprint density at radius 1 is 1.33 bits per heavy atom. The Bertz CT molecular complexity index is 989. The van der Waals surface area contributed by atoms with Gasteiger partial charge in [0, 0.05) is 18.0 Å². The Kier molecular flexibility index (Phi) is 6.10. The number of aromatic nitrogens is 4. The maximum atomic E-state index is 13.1. The fourth-order valence-corrected chi connectivity index (χ4v) is 4.66. The number of amides is 1. The minimum absolute atomic E-state index is 0.0434. The van der Waals surface area contributed by atoms with Crippen LogP contribution in [0.4, 0.5) is 0 Å². The van der Waals surface area contributed by atoms with Gasteiger partial charge in [0.1, 0.15) is 12.1 Å². The summed E-state index contributed by atoms with van der Waals surface area (Å²) < 4.78 is 7.20. The number of benzene rings is 1. The maximum Gasteiger partial charge on any atom is 0.237 e. The molecule has 1 aliphatic heterocycles. The summed E-state index contributed by atoms with van der Waals surface area (Å²) in [6.45, 7) is 6.08. The molecule has 0 aliphatic carbocycles. The molecule has 4 rings (SSSR count). The Balaban J connectivity index is 1.53. The van der Waals surface area contributed by atoms with Gasteiger partial charge in [-0.05, 0) is 64.9 Å². The molecule has 2 aromatic heterocycles. The lowest BCUT2D eigenvalue weighted by Crippen LogP contribution is -2.42. The van der Waals surface area contributed by atoms with Crippen molar-refractivity contribution in [3.05, 3.63) is 57.5 Å². The van der Waals surface area contributed by atoms with Crippen molar-refractivity contribution < 1.29 is 9.53 Å². The van der Waals surface area contributed by atoms with E-state index in [4.69, 9.17) is 4.74 Å². The summed E-state index contributed by atoms with van der Waals surface area (Å²) in [6, 6.07) is 8.07. The maximum absolute atomic E-state index is 13.1. The second-order valence-corrected chi connectivity index (χ2v) is 8.70. The van der Waals surface area contributed by atoms with Crippen molar-refractivity contribution in [2.75, 3.05) is 13.7 Å². The number of hydrogen-bond donors (Lipinski definition) is 1. The van der Waals surface area contributed by atoms with Gasteiger partial charge in [0.2, 0.25) is 5.91 Å². The van der Waals surface area contributed by atoms with Crippen molar-refractivity contribution in [3.63, 3.8) is 0 Å². The minimum atomic E-state index is -0.235. The lowest BCUT2D eigenvalue weighted by Gasteiger charge is -2.24. The van der Waals surface area contributed by atoms with Crippen LogP contribution in [0.1, 0.15) is 34.0 Å². The number of hydrogen-bond acceptors (Lipinski definition) is 7. The molecule has 1 aliphatic rings. The lowest BCUT2D eigenvalue weighted by molar-refractivity contribution is -0.125. The van der Waals surface area contributed by atoms with E-state index in [0.717, 1.165) is 21.8 Å². The van der Waals surface area contributed by atoms with Crippen LogP contribution in [0.15, 0.2) is 36.0 Å². The molecule has 0 bridgehead atoms. The number of likely N-dealkylation sites (tertiary alicyclic amines) is 1. The summed E-state index contributed by atoms with van der Waals surface area (Å²) in [5.41, 5.74) is 3.44. The van der Waals surface area contributed by atoms with Crippen LogP contribution in [0.25, 0.3) is 0 Å². The van der Waals surface area contributed by atoms with Crippen molar-refractivity contribution in [2.24, 2.45) is 0 Å². The first-order valence-corrected chi connectivity index (χ1v) is 10.8. The van der Waals surface area contributed by atoms with Crippen LogP contribution < -0.4 is 10.1 Å². The molecule has 1 saturated heterocycles. The molecular weight excluding hydrogens is 400 g/mol. The van der Waals surface area contributed by atoms with E-state index in [-0.39, 0.29) is 18.0 Å². The molecule has 8 nitrogen and oxygen atoms in total. The summed E-state index contributed by atoms with van der Waals surface area (Å²) >= 11 is 1.65. The molecule has 0 radical (unpaired) electrons. The molecular formula is C21H26N6O2S. The fourth-order valence-electron chi connectivity index (χ4n) is 4.02. The molecule has 0 saturated carbocycles. The van der Waals surface area contributed by atoms with E-state index < -0.39 is 0 Å². The van der Waals surface area contributed by atoms with Crippen LogP contribution in [-0.2, 0) is 17.9 Å². The molecule has 9 heteroatoms. The van der Waals surface area contributed by atoms with Crippen molar-refractivity contribution in [3.8, 4) is 5.75 Å². The average molecular weight is 427 g/mol. The van der Waals surface area contributed by atoms with E-state index in [1.54, 1.807) is 29.5 Å². The molecule has 1 fully saturated rings. The second kappa shape index (κ2) is 8.93. The Labute approximate surface area is 179 Å². The molecule has 158 valence electrons. The van der Waals surface area contributed by atoms with E-state index in [2.05, 4.69) is 44.8 Å². The Morgan fingerprint density at radius 3 is 2.90 bits per heavy atom. The van der Waals surface area contributed by atoms with Gasteiger partial charge in [0.15, 0.2) is 0 Å². The molecule has 1 amide bonds. The zero-order valence-corrected chi connectivity index (χ0v) is 18.2. The standard InChI is InChI=1S/C21H26N6O2S/c1-14-8-20(29-3)15(2)7-16(14)11-26-12-17(27-13-23-24-25-27)9-19(26)21(28)22-10-18-5-4-6-30-18/h4-8,13,17,19H,9-12H2,1-3H3,(H,22,28)/t17-,19+/m1/s1. The number of carbonyl (C=O) groups is 1. The quantitative estimate of drug-likeness (QED) is 0.625. The van der Waals surface area contributed by atoms with Gasteiger partial charge in [0.05, 0.1) is 25.7 Å². The zero-order valence-electron chi connectivity index (χ0n) is 17.4. The van der Waals surface area contributed by atoms with Crippen LogP contribution in [0.3, 0.4) is 0 Å². The third kappa shape index (κ3) is 4.36. The van der Waals surface area contributed by atoms with Gasteiger partial charge in [-0.1, -0.05) is 12.1 Å². The summed E-state index contributed by atoms with van der Waals surface area (Å²) in [5.74, 6) is 0.927. The molecule has 3 heterocycles. The van der Waals surface area contributed by atoms with Crippen molar-refractivity contribution in [2.45, 2.75) is 45.4 Å².